The molecule has 1 aliphatic rings. The summed E-state index contributed by atoms with van der Waals surface area (Å²) < 4.78 is 19.4. The van der Waals surface area contributed by atoms with Gasteiger partial charge in [0, 0.05) is 5.56 Å². The highest BCUT2D eigenvalue weighted by Gasteiger charge is 2.34. The third-order valence-corrected chi connectivity index (χ3v) is 5.53. The topological polar surface area (TPSA) is 58.6 Å². The molecule has 4 rings (SSSR count). The molecule has 5 nitrogen and oxygen atoms in total. The molecular formula is C26H21FN2O3S. The number of hydrogen-bond donors (Lipinski definition) is 1. The molecule has 33 heavy (non-hydrogen) atoms. The molecular weight excluding hydrogens is 439 g/mol. The smallest absolute Gasteiger partial charge is 0.270 e. The monoisotopic (exact) mass is 460 g/mol. The summed E-state index contributed by atoms with van der Waals surface area (Å²) in [5, 5.41) is 2.63. The predicted octanol–water partition coefficient (Wildman–Crippen LogP) is 4.80. The van der Waals surface area contributed by atoms with Gasteiger partial charge < -0.3 is 4.74 Å². The van der Waals surface area contributed by atoms with Gasteiger partial charge in [-0.3, -0.25) is 19.8 Å². The first-order chi connectivity index (χ1) is 16.0. The summed E-state index contributed by atoms with van der Waals surface area (Å²) in [6, 6.07) is 20.7. The van der Waals surface area contributed by atoms with E-state index in [1.807, 2.05) is 19.1 Å². The van der Waals surface area contributed by atoms with Gasteiger partial charge in [0.2, 0.25) is 0 Å². The van der Waals surface area contributed by atoms with E-state index >= 15 is 0 Å². The molecule has 1 N–H and O–H groups in total. The number of aryl methyl sites for hydroxylation is 1. The Morgan fingerprint density at radius 3 is 2.36 bits per heavy atom. The van der Waals surface area contributed by atoms with Gasteiger partial charge in [-0.2, -0.15) is 0 Å². The van der Waals surface area contributed by atoms with Crippen molar-refractivity contribution in [3.63, 3.8) is 0 Å². The maximum atomic E-state index is 13.7. The van der Waals surface area contributed by atoms with Crippen molar-refractivity contribution in [1.29, 1.82) is 0 Å². The van der Waals surface area contributed by atoms with Crippen LogP contribution in [0.15, 0.2) is 78.4 Å². The van der Waals surface area contributed by atoms with E-state index in [0.29, 0.717) is 22.6 Å². The molecule has 1 aliphatic heterocycles. The molecule has 0 unspecified atom stereocenters. The second-order valence-electron chi connectivity index (χ2n) is 7.43. The SMILES string of the molecule is CCc1ccc(N2C(=O)/C(=C/c3ccc(OCc4ccccc4F)cc3)C(=O)NC2=S)cc1. The van der Waals surface area contributed by atoms with Crippen molar-refractivity contribution in [3.8, 4) is 5.75 Å². The van der Waals surface area contributed by atoms with Crippen LogP contribution in [0.2, 0.25) is 0 Å². The van der Waals surface area contributed by atoms with E-state index in [4.69, 9.17) is 17.0 Å². The van der Waals surface area contributed by atoms with Crippen LogP contribution in [0.25, 0.3) is 6.08 Å². The van der Waals surface area contributed by atoms with E-state index in [1.54, 1.807) is 54.6 Å². The lowest BCUT2D eigenvalue weighted by molar-refractivity contribution is -0.122. The van der Waals surface area contributed by atoms with Gasteiger partial charge in [0.05, 0.1) is 5.69 Å². The molecule has 7 heteroatoms. The minimum Gasteiger partial charge on any atom is -0.489 e. The third-order valence-electron chi connectivity index (χ3n) is 5.25. The van der Waals surface area contributed by atoms with Crippen molar-refractivity contribution in [3.05, 3.63) is 101 Å². The number of benzene rings is 3. The molecule has 0 atom stereocenters. The van der Waals surface area contributed by atoms with E-state index in [2.05, 4.69) is 5.32 Å². The summed E-state index contributed by atoms with van der Waals surface area (Å²) in [6.45, 7) is 2.14. The highest BCUT2D eigenvalue weighted by Crippen LogP contribution is 2.23. The fraction of sp³-hybridized carbons (Fsp3) is 0.115. The van der Waals surface area contributed by atoms with Crippen molar-refractivity contribution < 1.29 is 18.7 Å². The van der Waals surface area contributed by atoms with Crippen molar-refractivity contribution in [2.24, 2.45) is 0 Å². The molecule has 3 aromatic carbocycles. The van der Waals surface area contributed by atoms with Gasteiger partial charge in [-0.15, -0.1) is 0 Å². The normalized spacial score (nSPS) is 15.0. The Kier molecular flexibility index (Phi) is 6.60. The quantitative estimate of drug-likeness (QED) is 0.326. The first kappa shape index (κ1) is 22.4. The summed E-state index contributed by atoms with van der Waals surface area (Å²) in [7, 11) is 0. The zero-order valence-corrected chi connectivity index (χ0v) is 18.7. The molecule has 1 saturated heterocycles. The van der Waals surface area contributed by atoms with Gasteiger partial charge in [-0.05, 0) is 66.2 Å². The fourth-order valence-corrected chi connectivity index (χ4v) is 3.66. The molecule has 0 saturated carbocycles. The van der Waals surface area contributed by atoms with E-state index in [1.165, 1.54) is 17.0 Å². The van der Waals surface area contributed by atoms with Crippen LogP contribution in [0.5, 0.6) is 5.75 Å². The Bertz CT molecular complexity index is 1240. The largest absolute Gasteiger partial charge is 0.489 e. The number of carbonyl (C=O) groups excluding carboxylic acids is 2. The molecule has 1 heterocycles. The van der Waals surface area contributed by atoms with Crippen LogP contribution in [0.3, 0.4) is 0 Å². The number of nitrogens with zero attached hydrogens (tertiary/aromatic N) is 1. The Morgan fingerprint density at radius 2 is 1.70 bits per heavy atom. The van der Waals surface area contributed by atoms with Gasteiger partial charge in [-0.1, -0.05) is 49.4 Å². The van der Waals surface area contributed by atoms with Crippen molar-refractivity contribution in [2.75, 3.05) is 4.90 Å². The lowest BCUT2D eigenvalue weighted by Crippen LogP contribution is -2.54. The van der Waals surface area contributed by atoms with E-state index in [9.17, 15) is 14.0 Å². The summed E-state index contributed by atoms with van der Waals surface area (Å²) in [5.74, 6) is -0.828. The number of ether oxygens (including phenoxy) is 1. The Balaban J connectivity index is 1.51. The Hall–Kier alpha value is -3.84. The first-order valence-electron chi connectivity index (χ1n) is 10.4. The van der Waals surface area contributed by atoms with Gasteiger partial charge in [-0.25, -0.2) is 4.39 Å². The minimum atomic E-state index is -0.550. The number of anilines is 1. The number of hydrogen-bond acceptors (Lipinski definition) is 4. The standard InChI is InChI=1S/C26H21FN2O3S/c1-2-17-7-11-20(12-8-17)29-25(31)22(24(30)28-26(29)33)15-18-9-13-21(14-10-18)32-16-19-5-3-4-6-23(19)27/h3-15H,2,16H2,1H3,(H,28,30,33)/b22-15+. The maximum Gasteiger partial charge on any atom is 0.270 e. The average molecular weight is 461 g/mol. The van der Waals surface area contributed by atoms with Crippen LogP contribution in [0.1, 0.15) is 23.6 Å². The van der Waals surface area contributed by atoms with Gasteiger partial charge in [0.25, 0.3) is 11.8 Å². The molecule has 2 amide bonds. The third kappa shape index (κ3) is 4.99. The summed E-state index contributed by atoms with van der Waals surface area (Å²) in [6.07, 6.45) is 2.38. The van der Waals surface area contributed by atoms with Crippen LogP contribution in [0.4, 0.5) is 10.1 Å². The maximum absolute atomic E-state index is 13.7. The molecule has 0 radical (unpaired) electrons. The van der Waals surface area contributed by atoms with E-state index < -0.39 is 11.8 Å². The summed E-state index contributed by atoms with van der Waals surface area (Å²) in [5.41, 5.74) is 2.79. The Morgan fingerprint density at radius 1 is 1.00 bits per heavy atom. The second-order valence-corrected chi connectivity index (χ2v) is 7.81. The van der Waals surface area contributed by atoms with Crippen LogP contribution in [-0.4, -0.2) is 16.9 Å². The minimum absolute atomic E-state index is 0.0248. The number of thiocarbonyl (C=S) groups is 1. The van der Waals surface area contributed by atoms with Gasteiger partial charge >= 0.3 is 0 Å². The number of nitrogens with one attached hydrogen (secondary N) is 1. The van der Waals surface area contributed by atoms with Crippen LogP contribution >= 0.6 is 12.2 Å². The fourth-order valence-electron chi connectivity index (χ4n) is 3.38. The highest BCUT2D eigenvalue weighted by molar-refractivity contribution is 7.80. The molecule has 0 spiro atoms. The Labute approximate surface area is 196 Å². The lowest BCUT2D eigenvalue weighted by Gasteiger charge is -2.29. The van der Waals surface area contributed by atoms with Crippen LogP contribution < -0.4 is 15.0 Å². The zero-order valence-electron chi connectivity index (χ0n) is 17.9. The second kappa shape index (κ2) is 9.75. The molecule has 166 valence electrons. The van der Waals surface area contributed by atoms with Crippen LogP contribution in [-0.2, 0) is 22.6 Å². The van der Waals surface area contributed by atoms with Crippen LogP contribution in [0, 0.1) is 5.82 Å². The molecule has 0 aliphatic carbocycles. The van der Waals surface area contributed by atoms with Crippen molar-refractivity contribution in [2.45, 2.75) is 20.0 Å². The molecule has 3 aromatic rings. The predicted molar refractivity (Wildman–Crippen MR) is 129 cm³/mol. The number of amides is 2. The molecule has 1 fully saturated rings. The van der Waals surface area contributed by atoms with Crippen molar-refractivity contribution in [1.82, 2.24) is 5.32 Å². The number of carbonyl (C=O) groups is 2. The zero-order chi connectivity index (χ0) is 23.4. The van der Waals surface area contributed by atoms with Gasteiger partial charge in [0.1, 0.15) is 23.7 Å². The first-order valence-corrected chi connectivity index (χ1v) is 10.8. The summed E-state index contributed by atoms with van der Waals surface area (Å²) >= 11 is 5.24. The van der Waals surface area contributed by atoms with E-state index in [0.717, 1.165) is 12.0 Å². The number of halogens is 1. The molecule has 0 aromatic heterocycles. The summed E-state index contributed by atoms with van der Waals surface area (Å²) in [4.78, 5) is 26.9. The average Bonchev–Trinajstić information content (AvgIpc) is 2.82. The highest BCUT2D eigenvalue weighted by atomic mass is 32.1. The van der Waals surface area contributed by atoms with E-state index in [-0.39, 0.29) is 23.1 Å². The van der Waals surface area contributed by atoms with Crippen molar-refractivity contribution >= 4 is 40.9 Å². The molecule has 0 bridgehead atoms. The lowest BCUT2D eigenvalue weighted by atomic mass is 10.1. The number of rotatable bonds is 6. The van der Waals surface area contributed by atoms with Gasteiger partial charge in [0.15, 0.2) is 5.11 Å².